The van der Waals surface area contributed by atoms with Gasteiger partial charge >= 0.3 is 6.18 Å². The van der Waals surface area contributed by atoms with Crippen molar-refractivity contribution in [1.29, 1.82) is 0 Å². The fraction of sp³-hybridized carbons (Fsp3) is 0.207. The van der Waals surface area contributed by atoms with Gasteiger partial charge in [-0.1, -0.05) is 78.5 Å². The van der Waals surface area contributed by atoms with Gasteiger partial charge in [0.05, 0.1) is 16.8 Å². The van der Waals surface area contributed by atoms with E-state index in [-0.39, 0.29) is 11.3 Å². The van der Waals surface area contributed by atoms with Crippen molar-refractivity contribution in [2.45, 2.75) is 30.1 Å². The van der Waals surface area contributed by atoms with Gasteiger partial charge in [0.1, 0.15) is 0 Å². The second-order valence-electron chi connectivity index (χ2n) is 8.69. The van der Waals surface area contributed by atoms with Crippen LogP contribution in [0.3, 0.4) is 0 Å². The number of hydrogen-bond acceptors (Lipinski definition) is 5. The molecule has 3 aromatic carbocycles. The second kappa shape index (κ2) is 11.4. The molecule has 2 aromatic heterocycles. The third kappa shape index (κ3) is 5.58. The average molecular weight is 535 g/mol. The lowest BCUT2D eigenvalue weighted by Crippen LogP contribution is -2.09. The summed E-state index contributed by atoms with van der Waals surface area (Å²) < 4.78 is 47.9. The average Bonchev–Trinajstić information content (AvgIpc) is 3.34. The van der Waals surface area contributed by atoms with Gasteiger partial charge in [0, 0.05) is 42.5 Å². The van der Waals surface area contributed by atoms with Gasteiger partial charge < -0.3 is 9.30 Å². The molecule has 0 aliphatic carbocycles. The maximum Gasteiger partial charge on any atom is 0.416 e. The van der Waals surface area contributed by atoms with Crippen molar-refractivity contribution in [2.75, 3.05) is 13.7 Å². The predicted octanol–water partition coefficient (Wildman–Crippen LogP) is 7.51. The molecule has 0 N–H and O–H groups in total. The molecular weight excluding hydrogens is 509 g/mol. The Morgan fingerprint density at radius 3 is 2.42 bits per heavy atom. The summed E-state index contributed by atoms with van der Waals surface area (Å²) in [5.41, 5.74) is 3.04. The van der Waals surface area contributed by atoms with Gasteiger partial charge in [-0.15, -0.1) is 10.2 Å². The Morgan fingerprint density at radius 2 is 1.63 bits per heavy atom. The minimum Gasteiger partial charge on any atom is -0.385 e. The molecule has 0 unspecified atom stereocenters. The first-order valence-electron chi connectivity index (χ1n) is 12.1. The van der Waals surface area contributed by atoms with E-state index < -0.39 is 11.7 Å². The van der Waals surface area contributed by atoms with Crippen LogP contribution in [0.25, 0.3) is 33.5 Å². The molecule has 9 heteroatoms. The highest BCUT2D eigenvalue weighted by Gasteiger charge is 2.33. The number of hydrogen-bond donors (Lipinski definition) is 0. The van der Waals surface area contributed by atoms with Crippen LogP contribution in [0, 0.1) is 0 Å². The summed E-state index contributed by atoms with van der Waals surface area (Å²) in [6.45, 7) is 1.09. The molecule has 38 heavy (non-hydrogen) atoms. The number of ether oxygens (including phenoxy) is 1. The van der Waals surface area contributed by atoms with Gasteiger partial charge in [0.25, 0.3) is 0 Å². The summed E-state index contributed by atoms with van der Waals surface area (Å²) >= 11 is 1.24. The fourth-order valence-corrected chi connectivity index (χ4v) is 5.31. The van der Waals surface area contributed by atoms with Crippen molar-refractivity contribution in [2.24, 2.45) is 0 Å². The first-order chi connectivity index (χ1) is 18.5. The van der Waals surface area contributed by atoms with Gasteiger partial charge in [-0.05, 0) is 30.2 Å². The lowest BCUT2D eigenvalue weighted by molar-refractivity contribution is -0.138. The van der Waals surface area contributed by atoms with Gasteiger partial charge in [-0.25, -0.2) is 4.98 Å². The summed E-state index contributed by atoms with van der Waals surface area (Å²) in [7, 11) is 1.64. The van der Waals surface area contributed by atoms with Crippen LogP contribution < -0.4 is 0 Å². The minimum atomic E-state index is -4.42. The quantitative estimate of drug-likeness (QED) is 0.145. The Morgan fingerprint density at radius 1 is 0.895 bits per heavy atom. The molecule has 0 saturated heterocycles. The number of thioether (sulfide) groups is 1. The number of halogens is 3. The third-order valence-corrected chi connectivity index (χ3v) is 7.17. The van der Waals surface area contributed by atoms with Crippen LogP contribution in [0.5, 0.6) is 0 Å². The highest BCUT2D eigenvalue weighted by molar-refractivity contribution is 7.98. The molecule has 0 aliphatic heterocycles. The van der Waals surface area contributed by atoms with Crippen LogP contribution in [0.2, 0.25) is 0 Å². The smallest absolute Gasteiger partial charge is 0.385 e. The molecule has 5 nitrogen and oxygen atoms in total. The van der Waals surface area contributed by atoms with Gasteiger partial charge in [-0.2, -0.15) is 13.2 Å². The van der Waals surface area contributed by atoms with Crippen molar-refractivity contribution in [3.8, 4) is 22.6 Å². The number of alkyl halides is 3. The van der Waals surface area contributed by atoms with Crippen molar-refractivity contribution in [3.63, 3.8) is 0 Å². The zero-order valence-corrected chi connectivity index (χ0v) is 21.5. The Bertz CT molecular complexity index is 1540. The van der Waals surface area contributed by atoms with E-state index in [1.165, 1.54) is 23.9 Å². The van der Waals surface area contributed by atoms with Crippen LogP contribution in [-0.4, -0.2) is 33.5 Å². The van der Waals surface area contributed by atoms with Crippen LogP contribution >= 0.6 is 11.8 Å². The lowest BCUT2D eigenvalue weighted by Gasteiger charge is -2.14. The van der Waals surface area contributed by atoms with E-state index in [1.54, 1.807) is 13.2 Å². The number of nitrogens with zero attached hydrogens (tertiary/aromatic N) is 4. The molecule has 0 fully saturated rings. The van der Waals surface area contributed by atoms with E-state index in [0.29, 0.717) is 30.6 Å². The van der Waals surface area contributed by atoms with E-state index in [9.17, 15) is 13.2 Å². The van der Waals surface area contributed by atoms with Crippen molar-refractivity contribution >= 4 is 22.7 Å². The fourth-order valence-electron chi connectivity index (χ4n) is 4.35. The molecule has 0 atom stereocenters. The molecule has 0 bridgehead atoms. The van der Waals surface area contributed by atoms with Crippen molar-refractivity contribution in [1.82, 2.24) is 19.7 Å². The van der Waals surface area contributed by atoms with Gasteiger partial charge in [0.2, 0.25) is 0 Å². The Kier molecular flexibility index (Phi) is 7.76. The standard InChI is InChI=1S/C29H25F3N4OS/c1-37-17-9-16-36-27(34-35-28(36)38-19-21-12-5-7-14-24(21)29(30,31)32)23-18-26(20-10-3-2-4-11-20)33-25-15-8-6-13-22(23)25/h2-8,10-15,18H,9,16-17,19H2,1H3. The maximum atomic E-state index is 13.5. The van der Waals surface area contributed by atoms with Crippen molar-refractivity contribution in [3.05, 3.63) is 96.1 Å². The van der Waals surface area contributed by atoms with E-state index in [0.717, 1.165) is 33.8 Å². The van der Waals surface area contributed by atoms with E-state index in [1.807, 2.05) is 65.2 Å². The summed E-state index contributed by atoms with van der Waals surface area (Å²) in [4.78, 5) is 4.86. The summed E-state index contributed by atoms with van der Waals surface area (Å²) in [6.07, 6.45) is -3.72. The highest BCUT2D eigenvalue weighted by atomic mass is 32.2. The molecule has 0 amide bonds. The normalized spacial score (nSPS) is 11.8. The first-order valence-corrected chi connectivity index (χ1v) is 13.1. The monoisotopic (exact) mass is 534 g/mol. The van der Waals surface area contributed by atoms with Gasteiger partial charge in [-0.3, -0.25) is 0 Å². The zero-order valence-electron chi connectivity index (χ0n) is 20.7. The zero-order chi connectivity index (χ0) is 26.5. The Hall–Kier alpha value is -3.69. The van der Waals surface area contributed by atoms with Gasteiger partial charge in [0.15, 0.2) is 11.0 Å². The number of methoxy groups -OCH3 is 1. The van der Waals surface area contributed by atoms with Crippen LogP contribution in [0.15, 0.2) is 90.1 Å². The third-order valence-electron chi connectivity index (χ3n) is 6.15. The summed E-state index contributed by atoms with van der Waals surface area (Å²) in [5, 5.41) is 10.4. The Labute approximate surface area is 222 Å². The number of rotatable bonds is 9. The summed E-state index contributed by atoms with van der Waals surface area (Å²) in [6, 6.07) is 25.4. The number of benzene rings is 3. The van der Waals surface area contributed by atoms with E-state index in [4.69, 9.17) is 9.72 Å². The highest BCUT2D eigenvalue weighted by Crippen LogP contribution is 2.36. The molecule has 0 radical (unpaired) electrons. The largest absolute Gasteiger partial charge is 0.416 e. The topological polar surface area (TPSA) is 52.8 Å². The lowest BCUT2D eigenvalue weighted by atomic mass is 10.0. The van der Waals surface area contributed by atoms with Crippen LogP contribution in [0.1, 0.15) is 17.5 Å². The van der Waals surface area contributed by atoms with Crippen LogP contribution in [0.4, 0.5) is 13.2 Å². The number of para-hydroxylation sites is 1. The number of pyridine rings is 1. The molecule has 0 spiro atoms. The minimum absolute atomic E-state index is 0.116. The molecule has 2 heterocycles. The predicted molar refractivity (Wildman–Crippen MR) is 144 cm³/mol. The van der Waals surface area contributed by atoms with E-state index >= 15 is 0 Å². The van der Waals surface area contributed by atoms with Crippen molar-refractivity contribution < 1.29 is 17.9 Å². The summed E-state index contributed by atoms with van der Waals surface area (Å²) in [5.74, 6) is 0.758. The molecule has 5 aromatic rings. The van der Waals surface area contributed by atoms with Crippen LogP contribution in [-0.2, 0) is 23.2 Å². The molecule has 194 valence electrons. The Balaban J connectivity index is 1.57. The molecule has 0 saturated carbocycles. The van der Waals surface area contributed by atoms with E-state index in [2.05, 4.69) is 10.2 Å². The number of fused-ring (bicyclic) bond motifs is 1. The molecule has 0 aliphatic rings. The SMILES string of the molecule is COCCCn1c(SCc2ccccc2C(F)(F)F)nnc1-c1cc(-c2ccccc2)nc2ccccc12. The maximum absolute atomic E-state index is 13.5. The molecular formula is C29H25F3N4OS. The molecule has 5 rings (SSSR count). The second-order valence-corrected chi connectivity index (χ2v) is 9.63. The first kappa shape index (κ1) is 25.9. The number of aromatic nitrogens is 4.